The van der Waals surface area contributed by atoms with E-state index in [1.165, 1.54) is 10.9 Å². The van der Waals surface area contributed by atoms with Crippen LogP contribution in [-0.2, 0) is 4.79 Å². The van der Waals surface area contributed by atoms with Gasteiger partial charge in [0.1, 0.15) is 5.75 Å². The first-order valence-corrected chi connectivity index (χ1v) is 10.9. The molecule has 1 aliphatic heterocycles. The summed E-state index contributed by atoms with van der Waals surface area (Å²) in [5, 5.41) is 4.98. The first kappa shape index (κ1) is 21.0. The van der Waals surface area contributed by atoms with Crippen molar-refractivity contribution in [3.8, 4) is 5.75 Å². The van der Waals surface area contributed by atoms with Gasteiger partial charge in [-0.15, -0.1) is 0 Å². The summed E-state index contributed by atoms with van der Waals surface area (Å²) in [6.45, 7) is 2.67. The number of para-hydroxylation sites is 1. The van der Waals surface area contributed by atoms with E-state index in [-0.39, 0.29) is 5.91 Å². The molecule has 0 saturated carbocycles. The Balaban J connectivity index is 1.30. The lowest BCUT2D eigenvalue weighted by Gasteiger charge is -2.31. The van der Waals surface area contributed by atoms with E-state index in [0.717, 1.165) is 43.7 Å². The molecule has 1 fully saturated rings. The maximum Gasteiger partial charge on any atom is 0.225 e. The van der Waals surface area contributed by atoms with Crippen LogP contribution in [0.25, 0.3) is 10.9 Å². The predicted octanol–water partition coefficient (Wildman–Crippen LogP) is 5.69. The maximum atomic E-state index is 12.3. The van der Waals surface area contributed by atoms with E-state index in [9.17, 15) is 4.79 Å². The number of halogens is 2. The molecule has 2 aromatic carbocycles. The van der Waals surface area contributed by atoms with Crippen LogP contribution in [0.5, 0.6) is 5.75 Å². The Hall–Kier alpha value is -2.21. The molecule has 0 atom stereocenters. The van der Waals surface area contributed by atoms with Crippen molar-refractivity contribution in [1.82, 2.24) is 9.88 Å². The van der Waals surface area contributed by atoms with E-state index in [2.05, 4.69) is 33.5 Å². The number of hydrogen-bond acceptors (Lipinski definition) is 3. The number of carbonyl (C=O) groups is 1. The summed E-state index contributed by atoms with van der Waals surface area (Å²) in [5.74, 6) is 1.32. The average Bonchev–Trinajstić information content (AvgIpc) is 3.18. The van der Waals surface area contributed by atoms with Crippen LogP contribution in [-0.4, -0.2) is 42.5 Å². The van der Waals surface area contributed by atoms with Gasteiger partial charge in [-0.05, 0) is 67.7 Å². The topological polar surface area (TPSA) is 57.4 Å². The van der Waals surface area contributed by atoms with Gasteiger partial charge in [0.2, 0.25) is 5.91 Å². The molecule has 5 nitrogen and oxygen atoms in total. The molecule has 158 valence electrons. The van der Waals surface area contributed by atoms with E-state index < -0.39 is 0 Å². The number of nitrogens with one attached hydrogen (secondary N) is 2. The molecule has 30 heavy (non-hydrogen) atoms. The largest absolute Gasteiger partial charge is 0.497 e. The third-order valence-electron chi connectivity index (χ3n) is 5.83. The van der Waals surface area contributed by atoms with Gasteiger partial charge in [-0.2, -0.15) is 0 Å². The van der Waals surface area contributed by atoms with Gasteiger partial charge in [-0.1, -0.05) is 29.3 Å². The number of nitrogens with zero attached hydrogens (tertiary/aromatic N) is 1. The van der Waals surface area contributed by atoms with Gasteiger partial charge in [0.05, 0.1) is 22.8 Å². The van der Waals surface area contributed by atoms with Crippen LogP contribution >= 0.6 is 23.2 Å². The van der Waals surface area contributed by atoms with Crippen molar-refractivity contribution in [1.29, 1.82) is 0 Å². The summed E-state index contributed by atoms with van der Waals surface area (Å²) in [4.78, 5) is 18.1. The zero-order chi connectivity index (χ0) is 21.1. The molecule has 0 aliphatic carbocycles. The van der Waals surface area contributed by atoms with E-state index >= 15 is 0 Å². The highest BCUT2D eigenvalue weighted by atomic mass is 35.5. The zero-order valence-electron chi connectivity index (χ0n) is 16.9. The van der Waals surface area contributed by atoms with Crippen molar-refractivity contribution in [2.24, 2.45) is 0 Å². The number of hydrogen-bond donors (Lipinski definition) is 2. The fraction of sp³-hybridized carbons (Fsp3) is 0.348. The fourth-order valence-electron chi connectivity index (χ4n) is 4.13. The third kappa shape index (κ3) is 4.59. The molecule has 7 heteroatoms. The van der Waals surface area contributed by atoms with Crippen LogP contribution in [0.1, 0.15) is 30.7 Å². The van der Waals surface area contributed by atoms with Crippen LogP contribution in [0.15, 0.2) is 42.6 Å². The predicted molar refractivity (Wildman–Crippen MR) is 123 cm³/mol. The molecule has 3 aromatic rings. The summed E-state index contributed by atoms with van der Waals surface area (Å²) in [7, 11) is 1.70. The minimum atomic E-state index is -0.0733. The molecule has 0 bridgehead atoms. The lowest BCUT2D eigenvalue weighted by molar-refractivity contribution is -0.116. The lowest BCUT2D eigenvalue weighted by Crippen LogP contribution is -2.35. The van der Waals surface area contributed by atoms with Gasteiger partial charge in [0.15, 0.2) is 0 Å². The van der Waals surface area contributed by atoms with Crippen molar-refractivity contribution in [2.45, 2.75) is 25.2 Å². The summed E-state index contributed by atoms with van der Waals surface area (Å²) >= 11 is 12.3. The molecule has 1 aliphatic rings. The van der Waals surface area contributed by atoms with Crippen LogP contribution in [0.4, 0.5) is 5.69 Å². The number of rotatable bonds is 6. The quantitative estimate of drug-likeness (QED) is 0.512. The second kappa shape index (κ2) is 9.29. The van der Waals surface area contributed by atoms with Gasteiger partial charge in [-0.25, -0.2) is 0 Å². The van der Waals surface area contributed by atoms with Crippen LogP contribution in [0.2, 0.25) is 10.0 Å². The Labute approximate surface area is 186 Å². The minimum Gasteiger partial charge on any atom is -0.497 e. The van der Waals surface area contributed by atoms with Gasteiger partial charge in [0.25, 0.3) is 0 Å². The molecule has 1 aromatic heterocycles. The Bertz CT molecular complexity index is 1020. The van der Waals surface area contributed by atoms with Crippen molar-refractivity contribution in [3.63, 3.8) is 0 Å². The zero-order valence-corrected chi connectivity index (χ0v) is 18.4. The van der Waals surface area contributed by atoms with Crippen molar-refractivity contribution in [3.05, 3.63) is 58.2 Å². The third-order valence-corrected chi connectivity index (χ3v) is 6.46. The highest BCUT2D eigenvalue weighted by Crippen LogP contribution is 2.35. The standard InChI is InChI=1S/C23H25Cl2N3O2/c1-30-16-5-6-21-17(13-16)18(14-26-21)15-7-10-28(11-8-15)12-9-22(29)27-23-19(24)3-2-4-20(23)25/h2-6,13-15,26H,7-12H2,1H3,(H,27,29). The Morgan fingerprint density at radius 2 is 1.93 bits per heavy atom. The maximum absolute atomic E-state index is 12.3. The Morgan fingerprint density at radius 1 is 1.20 bits per heavy atom. The monoisotopic (exact) mass is 445 g/mol. The van der Waals surface area contributed by atoms with Crippen LogP contribution < -0.4 is 10.1 Å². The molecule has 0 spiro atoms. The number of H-pyrrole nitrogens is 1. The average molecular weight is 446 g/mol. The molecular formula is C23H25Cl2N3O2. The van der Waals surface area contributed by atoms with Crippen molar-refractivity contribution in [2.75, 3.05) is 32.1 Å². The first-order valence-electron chi connectivity index (χ1n) is 10.2. The van der Waals surface area contributed by atoms with E-state index in [0.29, 0.717) is 28.1 Å². The fourth-order valence-corrected chi connectivity index (χ4v) is 4.62. The first-order chi connectivity index (χ1) is 14.5. The molecule has 0 unspecified atom stereocenters. The highest BCUT2D eigenvalue weighted by molar-refractivity contribution is 6.39. The number of amides is 1. The van der Waals surface area contributed by atoms with Gasteiger partial charge < -0.3 is 19.9 Å². The second-order valence-corrected chi connectivity index (χ2v) is 8.48. The normalized spacial score (nSPS) is 15.4. The van der Waals surface area contributed by atoms with Crippen LogP contribution in [0.3, 0.4) is 0 Å². The molecule has 0 radical (unpaired) electrons. The minimum absolute atomic E-state index is 0.0733. The van der Waals surface area contributed by atoms with E-state index in [1.54, 1.807) is 25.3 Å². The number of ether oxygens (including phenoxy) is 1. The number of piperidine rings is 1. The van der Waals surface area contributed by atoms with Crippen molar-refractivity contribution >= 4 is 45.7 Å². The number of likely N-dealkylation sites (tertiary alicyclic amines) is 1. The number of benzene rings is 2. The number of aromatic amines is 1. The van der Waals surface area contributed by atoms with Gasteiger partial charge in [0, 0.05) is 30.1 Å². The molecule has 1 amide bonds. The summed E-state index contributed by atoms with van der Waals surface area (Å²) < 4.78 is 5.39. The van der Waals surface area contributed by atoms with Crippen LogP contribution in [0, 0.1) is 0 Å². The number of aromatic nitrogens is 1. The van der Waals surface area contributed by atoms with Gasteiger partial charge in [-0.3, -0.25) is 4.79 Å². The smallest absolute Gasteiger partial charge is 0.225 e. The second-order valence-electron chi connectivity index (χ2n) is 7.67. The molecule has 2 heterocycles. The summed E-state index contributed by atoms with van der Waals surface area (Å²) in [6, 6.07) is 11.3. The number of carbonyl (C=O) groups excluding carboxylic acids is 1. The SMILES string of the molecule is COc1ccc2[nH]cc(C3CCN(CCC(=O)Nc4c(Cl)cccc4Cl)CC3)c2c1. The van der Waals surface area contributed by atoms with E-state index in [4.69, 9.17) is 27.9 Å². The number of fused-ring (bicyclic) bond motifs is 1. The Kier molecular flexibility index (Phi) is 6.52. The molecule has 4 rings (SSSR count). The highest BCUT2D eigenvalue weighted by Gasteiger charge is 2.23. The number of anilines is 1. The molecule has 1 saturated heterocycles. The summed E-state index contributed by atoms with van der Waals surface area (Å²) in [5.41, 5.74) is 2.98. The number of methoxy groups -OCH3 is 1. The summed E-state index contributed by atoms with van der Waals surface area (Å²) in [6.07, 6.45) is 4.69. The Morgan fingerprint density at radius 3 is 2.63 bits per heavy atom. The van der Waals surface area contributed by atoms with E-state index in [1.807, 2.05) is 6.07 Å². The molecule has 2 N–H and O–H groups in total. The lowest BCUT2D eigenvalue weighted by atomic mass is 9.89. The van der Waals surface area contributed by atoms with Gasteiger partial charge >= 0.3 is 0 Å². The molecular weight excluding hydrogens is 421 g/mol. The van der Waals surface area contributed by atoms with Crippen molar-refractivity contribution < 1.29 is 9.53 Å².